The number of benzene rings is 1. The van der Waals surface area contributed by atoms with Crippen molar-refractivity contribution in [1.82, 2.24) is 0 Å². The molecule has 21 heavy (non-hydrogen) atoms. The maximum atomic E-state index is 12.3. The molecule has 0 amide bonds. The van der Waals surface area contributed by atoms with Gasteiger partial charge >= 0.3 is 5.97 Å². The number of aliphatic hydroxyl groups is 1. The van der Waals surface area contributed by atoms with Gasteiger partial charge in [-0.3, -0.25) is 9.00 Å². The van der Waals surface area contributed by atoms with Gasteiger partial charge in [0.1, 0.15) is 0 Å². The van der Waals surface area contributed by atoms with Crippen LogP contribution >= 0.6 is 0 Å². The Kier molecular flexibility index (Phi) is 5.53. The summed E-state index contributed by atoms with van der Waals surface area (Å²) in [4.78, 5) is 12.4. The van der Waals surface area contributed by atoms with Gasteiger partial charge in [-0.25, -0.2) is 0 Å². The molecule has 1 atom stereocenters. The fourth-order valence-electron chi connectivity index (χ4n) is 2.69. The van der Waals surface area contributed by atoms with E-state index < -0.39 is 16.4 Å². The number of hydrogen-bond acceptors (Lipinski definition) is 4. The van der Waals surface area contributed by atoms with Gasteiger partial charge in [-0.1, -0.05) is 18.2 Å². The summed E-state index contributed by atoms with van der Waals surface area (Å²) in [6, 6.07) is 9.18. The number of ether oxygens (including phenoxy) is 1. The van der Waals surface area contributed by atoms with Gasteiger partial charge < -0.3 is 9.84 Å². The van der Waals surface area contributed by atoms with Crippen molar-refractivity contribution in [3.05, 3.63) is 30.3 Å². The van der Waals surface area contributed by atoms with E-state index in [-0.39, 0.29) is 17.6 Å². The quantitative estimate of drug-likeness (QED) is 0.848. The first-order chi connectivity index (χ1) is 10.0. The Morgan fingerprint density at radius 3 is 2.52 bits per heavy atom. The summed E-state index contributed by atoms with van der Waals surface area (Å²) in [5, 5.41) is 10.6. The fraction of sp³-hybridized carbons (Fsp3) is 0.562. The normalized spacial score (nSPS) is 27.0. The Morgan fingerprint density at radius 1 is 1.33 bits per heavy atom. The minimum atomic E-state index is -1.21. The molecule has 1 N–H and O–H groups in total. The lowest BCUT2D eigenvalue weighted by Gasteiger charge is -2.34. The van der Waals surface area contributed by atoms with Crippen LogP contribution < -0.4 is 0 Å². The third-order valence-corrected chi connectivity index (χ3v) is 5.54. The summed E-state index contributed by atoms with van der Waals surface area (Å²) in [6.45, 7) is 2.18. The van der Waals surface area contributed by atoms with Crippen molar-refractivity contribution in [2.45, 2.75) is 43.1 Å². The molecule has 116 valence electrons. The molecule has 2 rings (SSSR count). The van der Waals surface area contributed by atoms with Crippen molar-refractivity contribution in [3.63, 3.8) is 0 Å². The molecule has 0 aromatic heterocycles. The minimum Gasteiger partial charge on any atom is -0.466 e. The zero-order valence-electron chi connectivity index (χ0n) is 12.3. The molecule has 1 saturated carbocycles. The number of carbonyl (C=O) groups is 1. The molecule has 1 aromatic rings. The average Bonchev–Trinajstić information content (AvgIpc) is 2.48. The second-order valence-corrected chi connectivity index (χ2v) is 7.00. The predicted octanol–water partition coefficient (Wildman–Crippen LogP) is 2.28. The largest absolute Gasteiger partial charge is 0.466 e. The van der Waals surface area contributed by atoms with Gasteiger partial charge in [0, 0.05) is 4.90 Å². The number of rotatable bonds is 5. The maximum Gasteiger partial charge on any atom is 0.308 e. The van der Waals surface area contributed by atoms with Crippen LogP contribution in [0.4, 0.5) is 0 Å². The lowest BCUT2D eigenvalue weighted by molar-refractivity contribution is -0.150. The SMILES string of the molecule is CCOC(=O)C1CCC(O)(CS(=O)c2ccccc2)CC1. The van der Waals surface area contributed by atoms with Gasteiger partial charge in [-0.05, 0) is 44.7 Å². The summed E-state index contributed by atoms with van der Waals surface area (Å²) < 4.78 is 17.3. The van der Waals surface area contributed by atoms with Crippen molar-refractivity contribution >= 4 is 16.8 Å². The Hall–Kier alpha value is -1.20. The first-order valence-corrected chi connectivity index (χ1v) is 8.68. The highest BCUT2D eigenvalue weighted by Gasteiger charge is 2.37. The molecule has 0 radical (unpaired) electrons. The maximum absolute atomic E-state index is 12.3. The minimum absolute atomic E-state index is 0.129. The van der Waals surface area contributed by atoms with Crippen molar-refractivity contribution in [1.29, 1.82) is 0 Å². The van der Waals surface area contributed by atoms with Gasteiger partial charge in [-0.15, -0.1) is 0 Å². The molecule has 0 saturated heterocycles. The highest BCUT2D eigenvalue weighted by Crippen LogP contribution is 2.34. The average molecular weight is 310 g/mol. The van der Waals surface area contributed by atoms with Crippen LogP contribution in [0.15, 0.2) is 35.2 Å². The predicted molar refractivity (Wildman–Crippen MR) is 81.3 cm³/mol. The van der Waals surface area contributed by atoms with E-state index >= 15 is 0 Å². The molecular formula is C16H22O4S. The number of hydrogen-bond donors (Lipinski definition) is 1. The first kappa shape index (κ1) is 16.2. The molecule has 4 nitrogen and oxygen atoms in total. The highest BCUT2D eigenvalue weighted by molar-refractivity contribution is 7.85. The van der Waals surface area contributed by atoms with Gasteiger partial charge in [0.2, 0.25) is 0 Å². The zero-order valence-corrected chi connectivity index (χ0v) is 13.1. The fourth-order valence-corrected chi connectivity index (χ4v) is 4.10. The third-order valence-electron chi connectivity index (χ3n) is 3.94. The molecule has 1 aliphatic carbocycles. The summed E-state index contributed by atoms with van der Waals surface area (Å²) in [5.74, 6) is -0.0776. The van der Waals surface area contributed by atoms with Crippen LogP contribution in [0.1, 0.15) is 32.6 Å². The molecule has 0 spiro atoms. The topological polar surface area (TPSA) is 63.6 Å². The second-order valence-electron chi connectivity index (χ2n) is 5.55. The van der Waals surface area contributed by atoms with Crippen LogP contribution in [0.3, 0.4) is 0 Å². The van der Waals surface area contributed by atoms with Gasteiger partial charge in [0.05, 0.1) is 34.7 Å². The van der Waals surface area contributed by atoms with E-state index in [4.69, 9.17) is 4.74 Å². The molecule has 0 aliphatic heterocycles. The molecule has 1 aliphatic rings. The van der Waals surface area contributed by atoms with E-state index in [1.807, 2.05) is 30.3 Å². The molecule has 1 fully saturated rings. The van der Waals surface area contributed by atoms with Crippen LogP contribution in [-0.2, 0) is 20.3 Å². The molecule has 0 bridgehead atoms. The van der Waals surface area contributed by atoms with Crippen molar-refractivity contribution < 1.29 is 18.8 Å². The molecule has 1 aromatic carbocycles. The van der Waals surface area contributed by atoms with Crippen LogP contribution in [-0.4, -0.2) is 33.2 Å². The zero-order chi connectivity index (χ0) is 15.3. The van der Waals surface area contributed by atoms with E-state index in [1.165, 1.54) is 0 Å². The van der Waals surface area contributed by atoms with Gasteiger partial charge in [0.25, 0.3) is 0 Å². The van der Waals surface area contributed by atoms with Crippen LogP contribution in [0.2, 0.25) is 0 Å². The standard InChI is InChI=1S/C16H22O4S/c1-2-20-15(17)13-8-10-16(18,11-9-13)12-21(19)14-6-4-3-5-7-14/h3-7,13,18H,2,8-12H2,1H3. The summed E-state index contributed by atoms with van der Waals surface area (Å²) in [7, 11) is -1.21. The first-order valence-electron chi connectivity index (χ1n) is 7.36. The number of carbonyl (C=O) groups excluding carboxylic acids is 1. The molecule has 0 heterocycles. The Morgan fingerprint density at radius 2 is 1.95 bits per heavy atom. The van der Waals surface area contributed by atoms with Gasteiger partial charge in [0.15, 0.2) is 0 Å². The Bertz CT molecular complexity index is 492. The summed E-state index contributed by atoms with van der Waals surface area (Å²) in [5.41, 5.74) is -0.941. The monoisotopic (exact) mass is 310 g/mol. The van der Waals surface area contributed by atoms with Crippen molar-refractivity contribution in [2.24, 2.45) is 5.92 Å². The Balaban J connectivity index is 1.90. The molecule has 5 heteroatoms. The van der Waals surface area contributed by atoms with Crippen molar-refractivity contribution in [3.8, 4) is 0 Å². The van der Waals surface area contributed by atoms with E-state index in [0.29, 0.717) is 32.3 Å². The van der Waals surface area contributed by atoms with Crippen LogP contribution in [0.25, 0.3) is 0 Å². The number of esters is 1. The smallest absolute Gasteiger partial charge is 0.308 e. The lowest BCUT2D eigenvalue weighted by atomic mass is 9.80. The second kappa shape index (κ2) is 7.18. The third kappa shape index (κ3) is 4.38. The molecular weight excluding hydrogens is 288 g/mol. The highest BCUT2D eigenvalue weighted by atomic mass is 32.2. The van der Waals surface area contributed by atoms with E-state index in [9.17, 15) is 14.1 Å². The van der Waals surface area contributed by atoms with Crippen molar-refractivity contribution in [2.75, 3.05) is 12.4 Å². The lowest BCUT2D eigenvalue weighted by Crippen LogP contribution is -2.41. The summed E-state index contributed by atoms with van der Waals surface area (Å²) in [6.07, 6.45) is 2.19. The van der Waals surface area contributed by atoms with E-state index in [0.717, 1.165) is 4.90 Å². The van der Waals surface area contributed by atoms with Crippen LogP contribution in [0.5, 0.6) is 0 Å². The molecule has 1 unspecified atom stereocenters. The summed E-state index contributed by atoms with van der Waals surface area (Å²) >= 11 is 0. The Labute approximate surface area is 128 Å². The van der Waals surface area contributed by atoms with Crippen LogP contribution in [0, 0.1) is 5.92 Å². The van der Waals surface area contributed by atoms with Gasteiger partial charge in [-0.2, -0.15) is 0 Å². The van der Waals surface area contributed by atoms with E-state index in [1.54, 1.807) is 6.92 Å². The van der Waals surface area contributed by atoms with E-state index in [2.05, 4.69) is 0 Å².